The van der Waals surface area contributed by atoms with Crippen LogP contribution in [0.25, 0.3) is 11.1 Å². The van der Waals surface area contributed by atoms with Crippen LogP contribution < -0.4 is 4.90 Å². The average Bonchev–Trinajstić information content (AvgIpc) is 3.13. The second kappa shape index (κ2) is 6.52. The summed E-state index contributed by atoms with van der Waals surface area (Å²) in [5, 5.41) is 21.2. The number of aryl methyl sites for hydroxylation is 1. The zero-order valence-electron chi connectivity index (χ0n) is 16.5. The number of carbonyl (C=O) groups excluding carboxylic acids is 2. The Morgan fingerprint density at radius 1 is 0.733 bits per heavy atom. The Hall–Kier alpha value is -3.48. The van der Waals surface area contributed by atoms with E-state index in [0.717, 1.165) is 16.7 Å². The van der Waals surface area contributed by atoms with Crippen LogP contribution in [0.15, 0.2) is 60.7 Å². The van der Waals surface area contributed by atoms with Gasteiger partial charge in [-0.05, 0) is 54.4 Å². The summed E-state index contributed by atoms with van der Waals surface area (Å²) in [5.41, 5.74) is 5.33. The van der Waals surface area contributed by atoms with Crippen LogP contribution in [0.2, 0.25) is 0 Å². The van der Waals surface area contributed by atoms with Gasteiger partial charge in [0.2, 0.25) is 0 Å². The van der Waals surface area contributed by atoms with Crippen LogP contribution in [0, 0.1) is 6.92 Å². The van der Waals surface area contributed by atoms with Gasteiger partial charge in [-0.25, -0.2) is 0 Å². The van der Waals surface area contributed by atoms with Crippen molar-refractivity contribution in [3.05, 3.63) is 88.5 Å². The van der Waals surface area contributed by atoms with Gasteiger partial charge in [-0.3, -0.25) is 14.5 Å². The quantitative estimate of drug-likeness (QED) is 0.691. The molecule has 2 aliphatic heterocycles. The fraction of sp³-hybridized carbons (Fsp3) is 0.167. The molecule has 2 N–H and O–H groups in total. The van der Waals surface area contributed by atoms with E-state index in [1.165, 1.54) is 9.80 Å². The molecule has 0 spiro atoms. The van der Waals surface area contributed by atoms with Gasteiger partial charge < -0.3 is 15.1 Å². The number of hydrogen-bond donors (Lipinski definition) is 2. The summed E-state index contributed by atoms with van der Waals surface area (Å²) in [4.78, 5) is 27.7. The monoisotopic (exact) mass is 400 g/mol. The second-order valence-electron chi connectivity index (χ2n) is 7.78. The molecule has 0 saturated heterocycles. The molecule has 150 valence electrons. The van der Waals surface area contributed by atoms with Crippen LogP contribution in [0.5, 0.6) is 0 Å². The number of fused-ring (bicyclic) bond motifs is 2. The molecule has 0 fully saturated rings. The Morgan fingerprint density at radius 2 is 1.27 bits per heavy atom. The van der Waals surface area contributed by atoms with Gasteiger partial charge in [0.15, 0.2) is 12.5 Å². The van der Waals surface area contributed by atoms with Crippen molar-refractivity contribution >= 4 is 17.5 Å². The van der Waals surface area contributed by atoms with Crippen molar-refractivity contribution in [2.45, 2.75) is 19.4 Å². The normalized spacial score (nSPS) is 20.0. The van der Waals surface area contributed by atoms with Crippen LogP contribution in [0.1, 0.15) is 49.9 Å². The van der Waals surface area contributed by atoms with Gasteiger partial charge in [0.1, 0.15) is 0 Å². The summed E-state index contributed by atoms with van der Waals surface area (Å²) >= 11 is 0. The topological polar surface area (TPSA) is 81.1 Å². The minimum Gasteiger partial charge on any atom is -0.369 e. The fourth-order valence-electron chi connectivity index (χ4n) is 4.15. The van der Waals surface area contributed by atoms with Crippen molar-refractivity contribution in [1.82, 2.24) is 4.90 Å². The lowest BCUT2D eigenvalue weighted by Gasteiger charge is -2.21. The highest BCUT2D eigenvalue weighted by molar-refractivity contribution is 6.11. The number of rotatable bonds is 2. The fourth-order valence-corrected chi connectivity index (χ4v) is 4.15. The highest BCUT2D eigenvalue weighted by atomic mass is 16.3. The van der Waals surface area contributed by atoms with E-state index in [0.29, 0.717) is 27.9 Å². The van der Waals surface area contributed by atoms with E-state index in [2.05, 4.69) is 0 Å². The lowest BCUT2D eigenvalue weighted by atomic mass is 9.97. The molecule has 5 rings (SSSR count). The van der Waals surface area contributed by atoms with Crippen molar-refractivity contribution in [2.24, 2.45) is 0 Å². The summed E-state index contributed by atoms with van der Waals surface area (Å²) in [5.74, 6) is -0.461. The van der Waals surface area contributed by atoms with E-state index in [9.17, 15) is 19.8 Å². The van der Waals surface area contributed by atoms with E-state index < -0.39 is 12.5 Å². The summed E-state index contributed by atoms with van der Waals surface area (Å²) < 4.78 is 0. The number of carbonyl (C=O) groups is 2. The average molecular weight is 400 g/mol. The number of benzene rings is 3. The third-order valence-corrected chi connectivity index (χ3v) is 5.92. The largest absolute Gasteiger partial charge is 0.369 e. The first kappa shape index (κ1) is 18.5. The van der Waals surface area contributed by atoms with E-state index in [1.807, 2.05) is 43.3 Å². The van der Waals surface area contributed by atoms with Crippen molar-refractivity contribution in [3.63, 3.8) is 0 Å². The molecule has 0 aliphatic carbocycles. The van der Waals surface area contributed by atoms with Crippen LogP contribution in [-0.2, 0) is 0 Å². The van der Waals surface area contributed by atoms with Gasteiger partial charge in [0.25, 0.3) is 11.8 Å². The van der Waals surface area contributed by atoms with E-state index in [4.69, 9.17) is 0 Å². The van der Waals surface area contributed by atoms with E-state index in [-0.39, 0.29) is 11.8 Å². The Bertz CT molecular complexity index is 1200. The molecular formula is C24H20N2O4. The third kappa shape index (κ3) is 2.58. The number of amides is 2. The number of hydrogen-bond acceptors (Lipinski definition) is 4. The Labute approximate surface area is 173 Å². The van der Waals surface area contributed by atoms with Gasteiger partial charge in [0, 0.05) is 35.0 Å². The molecule has 0 saturated carbocycles. The molecule has 3 aromatic rings. The highest BCUT2D eigenvalue weighted by Crippen LogP contribution is 2.39. The van der Waals surface area contributed by atoms with Crippen molar-refractivity contribution in [2.75, 3.05) is 11.9 Å². The summed E-state index contributed by atoms with van der Waals surface area (Å²) in [7, 11) is 1.56. The first-order chi connectivity index (χ1) is 14.4. The van der Waals surface area contributed by atoms with Crippen molar-refractivity contribution in [1.29, 1.82) is 0 Å². The van der Waals surface area contributed by atoms with Crippen LogP contribution in [0.4, 0.5) is 5.69 Å². The lowest BCUT2D eigenvalue weighted by Crippen LogP contribution is -2.27. The smallest absolute Gasteiger partial charge is 0.261 e. The molecule has 6 nitrogen and oxygen atoms in total. The first-order valence-corrected chi connectivity index (χ1v) is 9.68. The molecule has 2 heterocycles. The number of nitrogens with zero attached hydrogens (tertiary/aromatic N) is 2. The standard InChI is InChI=1S/C24H20N2O4/c1-13-3-7-16(8-4-13)26-23(29)18-10-6-15(12-20(18)24(26)30)14-5-9-17-19(11-14)22(28)25(2)21(17)27/h3-12,22,24,28,30H,1-2H3. The molecule has 6 heteroatoms. The van der Waals surface area contributed by atoms with Gasteiger partial charge in [-0.1, -0.05) is 29.8 Å². The molecule has 0 radical (unpaired) electrons. The predicted molar refractivity (Wildman–Crippen MR) is 112 cm³/mol. The summed E-state index contributed by atoms with van der Waals surface area (Å²) in [6, 6.07) is 18.1. The third-order valence-electron chi connectivity index (χ3n) is 5.92. The molecule has 0 bridgehead atoms. The number of aliphatic hydroxyl groups is 2. The minimum absolute atomic E-state index is 0.215. The molecule has 2 amide bonds. The Morgan fingerprint density at radius 3 is 1.87 bits per heavy atom. The lowest BCUT2D eigenvalue weighted by molar-refractivity contribution is 0.0301. The van der Waals surface area contributed by atoms with E-state index in [1.54, 1.807) is 31.3 Å². The molecular weight excluding hydrogens is 380 g/mol. The number of aliphatic hydroxyl groups excluding tert-OH is 2. The molecule has 3 aromatic carbocycles. The van der Waals surface area contributed by atoms with Gasteiger partial charge >= 0.3 is 0 Å². The summed E-state index contributed by atoms with van der Waals surface area (Å²) in [6.07, 6.45) is -2.06. The molecule has 0 aromatic heterocycles. The first-order valence-electron chi connectivity index (χ1n) is 9.68. The second-order valence-corrected chi connectivity index (χ2v) is 7.78. The minimum atomic E-state index is -1.08. The van der Waals surface area contributed by atoms with Crippen LogP contribution in [0.3, 0.4) is 0 Å². The van der Waals surface area contributed by atoms with Gasteiger partial charge in [-0.15, -0.1) is 0 Å². The molecule has 30 heavy (non-hydrogen) atoms. The molecule has 2 aliphatic rings. The zero-order chi connectivity index (χ0) is 21.2. The highest BCUT2D eigenvalue weighted by Gasteiger charge is 2.37. The van der Waals surface area contributed by atoms with Crippen molar-refractivity contribution in [3.8, 4) is 11.1 Å². The van der Waals surface area contributed by atoms with Gasteiger partial charge in [0.05, 0.1) is 0 Å². The maximum absolute atomic E-state index is 12.9. The zero-order valence-corrected chi connectivity index (χ0v) is 16.5. The predicted octanol–water partition coefficient (Wildman–Crippen LogP) is 3.39. The van der Waals surface area contributed by atoms with Crippen LogP contribution >= 0.6 is 0 Å². The van der Waals surface area contributed by atoms with Crippen LogP contribution in [-0.4, -0.2) is 34.0 Å². The Balaban J connectivity index is 1.54. The Kier molecular flexibility index (Phi) is 4.03. The maximum atomic E-state index is 12.9. The number of anilines is 1. The molecule has 2 atom stereocenters. The van der Waals surface area contributed by atoms with Gasteiger partial charge in [-0.2, -0.15) is 0 Å². The van der Waals surface area contributed by atoms with E-state index >= 15 is 0 Å². The maximum Gasteiger partial charge on any atom is 0.261 e. The van der Waals surface area contributed by atoms with Crippen molar-refractivity contribution < 1.29 is 19.8 Å². The molecule has 2 unspecified atom stereocenters. The SMILES string of the molecule is Cc1ccc(N2C(=O)c3ccc(-c4ccc5c(c4)C(O)N(C)C5=O)cc3C2O)cc1. The summed E-state index contributed by atoms with van der Waals surface area (Å²) in [6.45, 7) is 1.96.